The van der Waals surface area contributed by atoms with Crippen LogP contribution in [0, 0.1) is 5.92 Å². The Morgan fingerprint density at radius 3 is 2.13 bits per heavy atom. The van der Waals surface area contributed by atoms with E-state index in [1.54, 1.807) is 7.05 Å². The van der Waals surface area contributed by atoms with Crippen molar-refractivity contribution >= 4 is 16.0 Å². The van der Waals surface area contributed by atoms with Crippen molar-refractivity contribution in [3.05, 3.63) is 0 Å². The number of hydrogen-bond acceptors (Lipinski definition) is 3. The Morgan fingerprint density at radius 2 is 1.74 bits per heavy atom. The Morgan fingerprint density at radius 1 is 1.22 bits per heavy atom. The summed E-state index contributed by atoms with van der Waals surface area (Å²) in [6.45, 7) is 6.27. The first-order chi connectivity index (χ1) is 10.4. The minimum absolute atomic E-state index is 0.105. The molecule has 10 heteroatoms. The first-order valence-electron chi connectivity index (χ1n) is 7.42. The van der Waals surface area contributed by atoms with Crippen LogP contribution in [-0.2, 0) is 10.0 Å². The van der Waals surface area contributed by atoms with Gasteiger partial charge in [0.2, 0.25) is 0 Å². The highest BCUT2D eigenvalue weighted by atomic mass is 32.2. The van der Waals surface area contributed by atoms with Crippen LogP contribution in [0.5, 0.6) is 0 Å². The van der Waals surface area contributed by atoms with Crippen LogP contribution in [-0.4, -0.2) is 56.4 Å². The molecule has 0 unspecified atom stereocenters. The van der Waals surface area contributed by atoms with Crippen LogP contribution in [0.2, 0.25) is 0 Å². The van der Waals surface area contributed by atoms with Crippen molar-refractivity contribution in [3.63, 3.8) is 0 Å². The summed E-state index contributed by atoms with van der Waals surface area (Å²) in [5, 5.41) is 6.31. The third-order valence-electron chi connectivity index (χ3n) is 3.48. The van der Waals surface area contributed by atoms with Crippen LogP contribution in [0.4, 0.5) is 13.2 Å². The van der Waals surface area contributed by atoms with Gasteiger partial charge in [-0.25, -0.2) is 8.42 Å². The van der Waals surface area contributed by atoms with Crippen LogP contribution < -0.4 is 10.6 Å². The summed E-state index contributed by atoms with van der Waals surface area (Å²) >= 11 is 0. The third kappa shape index (κ3) is 5.83. The molecule has 136 valence electrons. The van der Waals surface area contributed by atoms with E-state index in [9.17, 15) is 21.6 Å². The zero-order valence-electron chi connectivity index (χ0n) is 13.9. The summed E-state index contributed by atoms with van der Waals surface area (Å²) in [5.74, 6) is 0.719. The molecule has 1 rings (SSSR count). The number of rotatable bonds is 3. The van der Waals surface area contributed by atoms with Gasteiger partial charge in [0, 0.05) is 32.2 Å². The molecule has 0 saturated carbocycles. The number of alkyl halides is 3. The number of halogens is 3. The van der Waals surface area contributed by atoms with E-state index in [0.29, 0.717) is 29.7 Å². The second-order valence-electron chi connectivity index (χ2n) is 6.62. The second-order valence-corrected chi connectivity index (χ2v) is 8.55. The molecule has 0 aromatic rings. The largest absolute Gasteiger partial charge is 0.511 e. The van der Waals surface area contributed by atoms with Crippen molar-refractivity contribution in [3.8, 4) is 0 Å². The van der Waals surface area contributed by atoms with Crippen LogP contribution in [0.15, 0.2) is 4.99 Å². The summed E-state index contributed by atoms with van der Waals surface area (Å²) < 4.78 is 60.7. The molecular formula is C13H25F3N4O2S. The van der Waals surface area contributed by atoms with E-state index in [4.69, 9.17) is 0 Å². The van der Waals surface area contributed by atoms with Crippen molar-refractivity contribution in [2.24, 2.45) is 10.9 Å². The number of piperidine rings is 1. The van der Waals surface area contributed by atoms with Crippen molar-refractivity contribution in [2.75, 3.05) is 26.7 Å². The number of guanidine groups is 1. The fourth-order valence-electron chi connectivity index (χ4n) is 2.28. The molecule has 2 N–H and O–H groups in total. The van der Waals surface area contributed by atoms with Crippen LogP contribution in [0.25, 0.3) is 0 Å². The minimum Gasteiger partial charge on any atom is -0.356 e. The molecule has 1 saturated heterocycles. The van der Waals surface area contributed by atoms with Gasteiger partial charge in [-0.1, -0.05) is 0 Å². The van der Waals surface area contributed by atoms with Gasteiger partial charge in [0.1, 0.15) is 0 Å². The van der Waals surface area contributed by atoms with Crippen LogP contribution in [0.3, 0.4) is 0 Å². The van der Waals surface area contributed by atoms with Gasteiger partial charge in [-0.15, -0.1) is 0 Å². The monoisotopic (exact) mass is 358 g/mol. The fraction of sp³-hybridized carbons (Fsp3) is 0.923. The molecule has 23 heavy (non-hydrogen) atoms. The lowest BCUT2D eigenvalue weighted by Gasteiger charge is -2.32. The first-order valence-corrected chi connectivity index (χ1v) is 8.86. The van der Waals surface area contributed by atoms with Gasteiger partial charge >= 0.3 is 15.5 Å². The van der Waals surface area contributed by atoms with E-state index in [1.165, 1.54) is 0 Å². The molecule has 1 aliphatic heterocycles. The standard InChI is InChI=1S/C13H25F3N4O2S/c1-12(2,3)19-11(17-4)18-9-10-5-7-20(8-6-10)23(21,22)13(14,15)16/h10H,5-9H2,1-4H3,(H2,17,18,19). The van der Waals surface area contributed by atoms with E-state index >= 15 is 0 Å². The molecule has 0 atom stereocenters. The molecule has 1 heterocycles. The highest BCUT2D eigenvalue weighted by Crippen LogP contribution is 2.30. The molecule has 0 aromatic heterocycles. The van der Waals surface area contributed by atoms with Crippen molar-refractivity contribution < 1.29 is 21.6 Å². The quantitative estimate of drug-likeness (QED) is 0.592. The molecule has 1 aliphatic rings. The minimum atomic E-state index is -5.23. The average Bonchev–Trinajstić information content (AvgIpc) is 2.41. The predicted molar refractivity (Wildman–Crippen MR) is 83.5 cm³/mol. The molecule has 0 spiro atoms. The van der Waals surface area contributed by atoms with Crippen LogP contribution >= 0.6 is 0 Å². The van der Waals surface area contributed by atoms with Crippen molar-refractivity contribution in [1.29, 1.82) is 0 Å². The maximum atomic E-state index is 12.5. The molecular weight excluding hydrogens is 333 g/mol. The number of nitrogens with one attached hydrogen (secondary N) is 2. The van der Waals surface area contributed by atoms with Crippen LogP contribution in [0.1, 0.15) is 33.6 Å². The van der Waals surface area contributed by atoms with Gasteiger partial charge < -0.3 is 10.6 Å². The molecule has 0 amide bonds. The summed E-state index contributed by atoms with van der Waals surface area (Å²) in [6.07, 6.45) is 0.768. The molecule has 0 aliphatic carbocycles. The molecule has 1 fully saturated rings. The lowest BCUT2D eigenvalue weighted by atomic mass is 9.98. The zero-order valence-corrected chi connectivity index (χ0v) is 14.7. The molecule has 6 nitrogen and oxygen atoms in total. The van der Waals surface area contributed by atoms with Crippen molar-refractivity contribution in [1.82, 2.24) is 14.9 Å². The molecule has 0 bridgehead atoms. The first kappa shape index (κ1) is 20.0. The van der Waals surface area contributed by atoms with E-state index in [2.05, 4.69) is 15.6 Å². The summed E-state index contributed by atoms with van der Waals surface area (Å²) in [4.78, 5) is 4.08. The van der Waals surface area contributed by atoms with Gasteiger partial charge in [0.05, 0.1) is 0 Å². The maximum absolute atomic E-state index is 12.5. The Bertz CT molecular complexity index is 518. The van der Waals surface area contributed by atoms with E-state index in [-0.39, 0.29) is 24.5 Å². The predicted octanol–water partition coefficient (Wildman–Crippen LogP) is 1.51. The summed E-state index contributed by atoms with van der Waals surface area (Å²) in [5.41, 5.74) is -5.39. The fourth-order valence-corrected chi connectivity index (χ4v) is 3.26. The Balaban J connectivity index is 2.49. The number of aliphatic imine (C=N–C) groups is 1. The van der Waals surface area contributed by atoms with E-state index in [0.717, 1.165) is 0 Å². The number of hydrogen-bond donors (Lipinski definition) is 2. The number of nitrogens with zero attached hydrogens (tertiary/aromatic N) is 2. The Kier molecular flexibility index (Phi) is 6.31. The SMILES string of the molecule is CN=C(NCC1CCN(S(=O)(=O)C(F)(F)F)CC1)NC(C)(C)C. The molecule has 0 aromatic carbocycles. The van der Waals surface area contributed by atoms with Gasteiger partial charge in [0.15, 0.2) is 5.96 Å². The summed E-state index contributed by atoms with van der Waals surface area (Å²) in [6, 6.07) is 0. The van der Waals surface area contributed by atoms with E-state index < -0.39 is 15.5 Å². The normalized spacial score (nSPS) is 19.7. The number of sulfonamides is 1. The maximum Gasteiger partial charge on any atom is 0.511 e. The Labute approximate surface area is 135 Å². The lowest BCUT2D eigenvalue weighted by Crippen LogP contribution is -2.50. The topological polar surface area (TPSA) is 73.8 Å². The lowest BCUT2D eigenvalue weighted by molar-refractivity contribution is -0.0496. The smallest absolute Gasteiger partial charge is 0.356 e. The van der Waals surface area contributed by atoms with Crippen molar-refractivity contribution in [2.45, 2.75) is 44.7 Å². The highest BCUT2D eigenvalue weighted by molar-refractivity contribution is 7.90. The van der Waals surface area contributed by atoms with Gasteiger partial charge in [-0.05, 0) is 39.5 Å². The van der Waals surface area contributed by atoms with Gasteiger partial charge in [-0.2, -0.15) is 17.5 Å². The zero-order chi connectivity index (χ0) is 17.9. The second kappa shape index (κ2) is 7.25. The van der Waals surface area contributed by atoms with E-state index in [1.807, 2.05) is 20.8 Å². The molecule has 0 radical (unpaired) electrons. The third-order valence-corrected chi connectivity index (χ3v) is 5.11. The Hall–Kier alpha value is -1.03. The highest BCUT2D eigenvalue weighted by Gasteiger charge is 2.50. The van der Waals surface area contributed by atoms with Gasteiger partial charge in [-0.3, -0.25) is 4.99 Å². The van der Waals surface area contributed by atoms with Gasteiger partial charge in [0.25, 0.3) is 0 Å². The average molecular weight is 358 g/mol. The summed E-state index contributed by atoms with van der Waals surface area (Å²) in [7, 11) is -3.57.